The summed E-state index contributed by atoms with van der Waals surface area (Å²) in [6, 6.07) is 7.57. The van der Waals surface area contributed by atoms with Crippen LogP contribution in [-0.4, -0.2) is 36.9 Å². The van der Waals surface area contributed by atoms with E-state index in [-0.39, 0.29) is 18.5 Å². The molecule has 1 aliphatic rings. The quantitative estimate of drug-likeness (QED) is 0.932. The highest BCUT2D eigenvalue weighted by Crippen LogP contribution is 2.28. The lowest BCUT2D eigenvalue weighted by molar-refractivity contribution is 0.00755. The normalized spacial score (nSPS) is 18.4. The fourth-order valence-corrected chi connectivity index (χ4v) is 2.03. The molecule has 3 rings (SSSR count). The highest BCUT2D eigenvalue weighted by atomic mass is 35.5. The first-order valence-corrected chi connectivity index (χ1v) is 6.18. The molecular weight excluding hydrogens is 282 g/mol. The first-order chi connectivity index (χ1) is 9.38. The molecule has 2 aromatic rings. The third kappa shape index (κ3) is 2.92. The zero-order valence-corrected chi connectivity index (χ0v) is 11.9. The van der Waals surface area contributed by atoms with E-state index in [1.54, 1.807) is 7.11 Å². The maximum absolute atomic E-state index is 5.58. The van der Waals surface area contributed by atoms with E-state index in [2.05, 4.69) is 15.5 Å². The minimum Gasteiger partial charge on any atom is -0.496 e. The zero-order valence-electron chi connectivity index (χ0n) is 11.0. The molecule has 1 aromatic carbocycles. The second-order valence-corrected chi connectivity index (χ2v) is 4.22. The van der Waals surface area contributed by atoms with Crippen LogP contribution in [-0.2, 0) is 4.74 Å². The number of methoxy groups -OCH3 is 1. The number of nitrogens with zero attached hydrogens (tertiary/aromatic N) is 2. The first kappa shape index (κ1) is 14.8. The molecule has 7 heteroatoms. The van der Waals surface area contributed by atoms with E-state index >= 15 is 0 Å². The van der Waals surface area contributed by atoms with E-state index in [0.717, 1.165) is 17.9 Å². The van der Waals surface area contributed by atoms with Crippen LogP contribution in [0.3, 0.4) is 0 Å². The van der Waals surface area contributed by atoms with E-state index in [9.17, 15) is 0 Å². The number of aromatic nitrogens is 2. The van der Waals surface area contributed by atoms with Crippen LogP contribution in [0.1, 0.15) is 12.0 Å². The van der Waals surface area contributed by atoms with E-state index in [4.69, 9.17) is 14.0 Å². The molecule has 1 aromatic heterocycles. The summed E-state index contributed by atoms with van der Waals surface area (Å²) in [6.45, 7) is 2.19. The summed E-state index contributed by atoms with van der Waals surface area (Å²) in [4.78, 5) is 4.39. The van der Waals surface area contributed by atoms with Gasteiger partial charge >= 0.3 is 0 Å². The molecule has 108 valence electrons. The molecule has 1 saturated heterocycles. The van der Waals surface area contributed by atoms with Crippen molar-refractivity contribution in [3.05, 3.63) is 30.2 Å². The molecule has 1 aliphatic heterocycles. The molecule has 1 unspecified atom stereocenters. The van der Waals surface area contributed by atoms with Gasteiger partial charge in [-0.25, -0.2) is 0 Å². The standard InChI is InChI=1S/C13H15N3O3.ClH/c1-17-10-5-3-2-4-9(10)12-15-13(19-16-12)11-8-14-6-7-18-11;/h2-5,11,14H,6-8H2,1H3;1H. The van der Waals surface area contributed by atoms with Crippen LogP contribution in [0.25, 0.3) is 11.4 Å². The Balaban J connectivity index is 0.00000147. The van der Waals surface area contributed by atoms with Gasteiger partial charge in [0.25, 0.3) is 5.89 Å². The molecule has 0 aliphatic carbocycles. The highest BCUT2D eigenvalue weighted by Gasteiger charge is 2.23. The van der Waals surface area contributed by atoms with Gasteiger partial charge < -0.3 is 19.3 Å². The van der Waals surface area contributed by atoms with Gasteiger partial charge in [0, 0.05) is 13.1 Å². The third-order valence-electron chi connectivity index (χ3n) is 2.99. The number of para-hydroxylation sites is 1. The van der Waals surface area contributed by atoms with Gasteiger partial charge in [-0.2, -0.15) is 4.98 Å². The molecule has 1 N–H and O–H groups in total. The van der Waals surface area contributed by atoms with Crippen LogP contribution in [0, 0.1) is 0 Å². The molecule has 0 saturated carbocycles. The number of morpholine rings is 1. The Morgan fingerprint density at radius 2 is 2.20 bits per heavy atom. The number of nitrogens with one attached hydrogen (secondary N) is 1. The van der Waals surface area contributed by atoms with Crippen molar-refractivity contribution in [2.75, 3.05) is 26.8 Å². The Bertz CT molecular complexity index is 555. The van der Waals surface area contributed by atoms with Crippen LogP contribution in [0.4, 0.5) is 0 Å². The highest BCUT2D eigenvalue weighted by molar-refractivity contribution is 5.85. The minimum atomic E-state index is -0.176. The fourth-order valence-electron chi connectivity index (χ4n) is 2.03. The number of benzene rings is 1. The molecule has 1 atom stereocenters. The van der Waals surface area contributed by atoms with Crippen molar-refractivity contribution < 1.29 is 14.0 Å². The van der Waals surface area contributed by atoms with Crippen molar-refractivity contribution in [2.45, 2.75) is 6.10 Å². The smallest absolute Gasteiger partial charge is 0.257 e. The largest absolute Gasteiger partial charge is 0.496 e. The second-order valence-electron chi connectivity index (χ2n) is 4.22. The molecule has 0 radical (unpaired) electrons. The van der Waals surface area contributed by atoms with Crippen molar-refractivity contribution in [3.63, 3.8) is 0 Å². The lowest BCUT2D eigenvalue weighted by Crippen LogP contribution is -2.33. The van der Waals surface area contributed by atoms with Gasteiger partial charge in [-0.1, -0.05) is 17.3 Å². The molecule has 1 fully saturated rings. The van der Waals surface area contributed by atoms with Crippen LogP contribution >= 0.6 is 12.4 Å². The minimum absolute atomic E-state index is 0. The monoisotopic (exact) mass is 297 g/mol. The molecule has 0 spiro atoms. The number of ether oxygens (including phenoxy) is 2. The molecule has 6 nitrogen and oxygen atoms in total. The van der Waals surface area contributed by atoms with Crippen LogP contribution in [0.15, 0.2) is 28.8 Å². The summed E-state index contributed by atoms with van der Waals surface area (Å²) < 4.78 is 16.1. The van der Waals surface area contributed by atoms with E-state index in [0.29, 0.717) is 24.9 Å². The molecular formula is C13H16ClN3O3. The predicted molar refractivity (Wildman–Crippen MR) is 75.1 cm³/mol. The van der Waals surface area contributed by atoms with E-state index in [1.165, 1.54) is 0 Å². The fraction of sp³-hybridized carbons (Fsp3) is 0.385. The topological polar surface area (TPSA) is 69.4 Å². The molecule has 0 amide bonds. The number of halogens is 1. The third-order valence-corrected chi connectivity index (χ3v) is 2.99. The summed E-state index contributed by atoms with van der Waals surface area (Å²) >= 11 is 0. The Morgan fingerprint density at radius 1 is 1.35 bits per heavy atom. The van der Waals surface area contributed by atoms with Gasteiger partial charge in [0.15, 0.2) is 0 Å². The van der Waals surface area contributed by atoms with Crippen molar-refractivity contribution in [1.29, 1.82) is 0 Å². The van der Waals surface area contributed by atoms with Gasteiger partial charge in [0.1, 0.15) is 11.9 Å². The summed E-state index contributed by atoms with van der Waals surface area (Å²) in [5.74, 6) is 1.73. The summed E-state index contributed by atoms with van der Waals surface area (Å²) in [6.07, 6.45) is -0.176. The average Bonchev–Trinajstić information content (AvgIpc) is 2.98. The van der Waals surface area contributed by atoms with Crippen LogP contribution in [0.2, 0.25) is 0 Å². The Hall–Kier alpha value is -1.63. The van der Waals surface area contributed by atoms with Gasteiger partial charge in [-0.3, -0.25) is 0 Å². The molecule has 2 heterocycles. The van der Waals surface area contributed by atoms with Crippen LogP contribution in [0.5, 0.6) is 5.75 Å². The zero-order chi connectivity index (χ0) is 13.1. The predicted octanol–water partition coefficient (Wildman–Crippen LogP) is 1.83. The summed E-state index contributed by atoms with van der Waals surface area (Å²) in [5.41, 5.74) is 0.809. The maximum atomic E-state index is 5.58. The van der Waals surface area contributed by atoms with Gasteiger partial charge in [0.2, 0.25) is 5.82 Å². The Kier molecular flexibility index (Phi) is 4.94. The van der Waals surface area contributed by atoms with Gasteiger partial charge in [-0.15, -0.1) is 12.4 Å². The van der Waals surface area contributed by atoms with Crippen molar-refractivity contribution in [2.24, 2.45) is 0 Å². The maximum Gasteiger partial charge on any atom is 0.257 e. The SMILES string of the molecule is COc1ccccc1-c1noc(C2CNCCO2)n1.Cl. The number of rotatable bonds is 3. The first-order valence-electron chi connectivity index (χ1n) is 6.18. The van der Waals surface area contributed by atoms with Crippen molar-refractivity contribution >= 4 is 12.4 Å². The van der Waals surface area contributed by atoms with Crippen molar-refractivity contribution in [1.82, 2.24) is 15.5 Å². The van der Waals surface area contributed by atoms with Gasteiger partial charge in [0.05, 0.1) is 19.3 Å². The molecule has 20 heavy (non-hydrogen) atoms. The van der Waals surface area contributed by atoms with Gasteiger partial charge in [-0.05, 0) is 12.1 Å². The lowest BCUT2D eigenvalue weighted by Gasteiger charge is -2.19. The summed E-state index contributed by atoms with van der Waals surface area (Å²) in [5, 5.41) is 7.22. The summed E-state index contributed by atoms with van der Waals surface area (Å²) in [7, 11) is 1.62. The number of hydrogen-bond donors (Lipinski definition) is 1. The van der Waals surface area contributed by atoms with E-state index in [1.807, 2.05) is 24.3 Å². The van der Waals surface area contributed by atoms with E-state index < -0.39 is 0 Å². The average molecular weight is 298 g/mol. The Labute approximate surface area is 122 Å². The Morgan fingerprint density at radius 3 is 2.95 bits per heavy atom. The van der Waals surface area contributed by atoms with Crippen LogP contribution < -0.4 is 10.1 Å². The lowest BCUT2D eigenvalue weighted by atomic mass is 10.2. The van der Waals surface area contributed by atoms with Crippen molar-refractivity contribution in [3.8, 4) is 17.1 Å². The second kappa shape index (κ2) is 6.69. The number of hydrogen-bond acceptors (Lipinski definition) is 6. The molecule has 0 bridgehead atoms.